The van der Waals surface area contributed by atoms with Gasteiger partial charge < -0.3 is 10.1 Å². The first-order chi connectivity index (χ1) is 8.91. The van der Waals surface area contributed by atoms with Gasteiger partial charge in [0.25, 0.3) is 0 Å². The highest BCUT2D eigenvalue weighted by Crippen LogP contribution is 2.45. The zero-order valence-electron chi connectivity index (χ0n) is 13.0. The van der Waals surface area contributed by atoms with Gasteiger partial charge in [-0.25, -0.2) is 0 Å². The maximum atomic E-state index is 5.78. The van der Waals surface area contributed by atoms with Gasteiger partial charge in [-0.1, -0.05) is 32.5 Å². The standard InChI is InChI=1S/C15H28N2OS/c1-6-15(5)8-9-19-13(17-15)16-11-10-12(18-7-2)14(11,3)4/h11-12H,6-10H2,1-5H3,(H,16,17). The predicted molar refractivity (Wildman–Crippen MR) is 83.9 cm³/mol. The highest BCUT2D eigenvalue weighted by atomic mass is 32.2. The maximum absolute atomic E-state index is 5.78. The number of rotatable bonds is 4. The van der Waals surface area contributed by atoms with Crippen LogP contribution in [0.3, 0.4) is 0 Å². The fraction of sp³-hybridized carbons (Fsp3) is 0.933. The summed E-state index contributed by atoms with van der Waals surface area (Å²) in [6.45, 7) is 12.0. The summed E-state index contributed by atoms with van der Waals surface area (Å²) in [6, 6.07) is 0.401. The van der Waals surface area contributed by atoms with Crippen LogP contribution in [0.5, 0.6) is 0 Å². The van der Waals surface area contributed by atoms with Crippen LogP contribution >= 0.6 is 11.8 Å². The smallest absolute Gasteiger partial charge is 0.157 e. The number of nitrogens with zero attached hydrogens (tertiary/aromatic N) is 1. The quantitative estimate of drug-likeness (QED) is 0.858. The van der Waals surface area contributed by atoms with E-state index in [1.165, 1.54) is 12.2 Å². The lowest BCUT2D eigenvalue weighted by molar-refractivity contribution is -0.103. The van der Waals surface area contributed by atoms with E-state index in [1.807, 2.05) is 11.8 Å². The number of hydrogen-bond donors (Lipinski definition) is 1. The van der Waals surface area contributed by atoms with E-state index in [0.29, 0.717) is 12.1 Å². The second kappa shape index (κ2) is 5.65. The molecule has 0 aromatic rings. The van der Waals surface area contributed by atoms with Gasteiger partial charge in [-0.2, -0.15) is 0 Å². The molecule has 0 aromatic carbocycles. The third kappa shape index (κ3) is 3.10. The van der Waals surface area contributed by atoms with Crippen molar-refractivity contribution < 1.29 is 4.74 Å². The molecule has 110 valence electrons. The Bertz CT molecular complexity index is 356. The Hall–Kier alpha value is -0.220. The van der Waals surface area contributed by atoms with E-state index in [9.17, 15) is 0 Å². The first-order valence-electron chi connectivity index (χ1n) is 7.51. The molecule has 1 N–H and O–H groups in total. The van der Waals surface area contributed by atoms with Crippen LogP contribution in [0.2, 0.25) is 0 Å². The van der Waals surface area contributed by atoms with Crippen molar-refractivity contribution in [2.75, 3.05) is 12.4 Å². The molecule has 1 aliphatic heterocycles. The third-order valence-corrected chi connectivity index (χ3v) is 5.74. The lowest BCUT2D eigenvalue weighted by Crippen LogP contribution is -2.55. The van der Waals surface area contributed by atoms with Crippen molar-refractivity contribution in [2.45, 2.75) is 71.6 Å². The highest BCUT2D eigenvalue weighted by molar-refractivity contribution is 8.13. The average Bonchev–Trinajstić information content (AvgIpc) is 2.38. The van der Waals surface area contributed by atoms with Crippen molar-refractivity contribution in [3.63, 3.8) is 0 Å². The molecule has 0 amide bonds. The minimum Gasteiger partial charge on any atom is -0.378 e. The van der Waals surface area contributed by atoms with Crippen molar-refractivity contribution in [1.29, 1.82) is 0 Å². The fourth-order valence-electron chi connectivity index (χ4n) is 2.77. The van der Waals surface area contributed by atoms with Crippen LogP contribution in [0.25, 0.3) is 0 Å². The summed E-state index contributed by atoms with van der Waals surface area (Å²) in [5.74, 6) is 1.18. The molecular weight excluding hydrogens is 256 g/mol. The Labute approximate surface area is 122 Å². The number of aliphatic imine (C=N–C) groups is 1. The van der Waals surface area contributed by atoms with Gasteiger partial charge in [-0.3, -0.25) is 4.99 Å². The van der Waals surface area contributed by atoms with Gasteiger partial charge in [0.15, 0.2) is 5.17 Å². The first-order valence-corrected chi connectivity index (χ1v) is 8.50. The van der Waals surface area contributed by atoms with Crippen LogP contribution in [-0.2, 0) is 4.74 Å². The van der Waals surface area contributed by atoms with E-state index in [1.54, 1.807) is 0 Å². The molecule has 1 heterocycles. The Morgan fingerprint density at radius 1 is 1.37 bits per heavy atom. The van der Waals surface area contributed by atoms with Gasteiger partial charge in [0.1, 0.15) is 0 Å². The normalized spacial score (nSPS) is 39.7. The molecule has 0 radical (unpaired) electrons. The van der Waals surface area contributed by atoms with Crippen LogP contribution in [0.15, 0.2) is 4.99 Å². The summed E-state index contributed by atoms with van der Waals surface area (Å²) >= 11 is 1.87. The second-order valence-corrected chi connectivity index (χ2v) is 7.67. The fourth-order valence-corrected chi connectivity index (χ4v) is 4.04. The van der Waals surface area contributed by atoms with Crippen LogP contribution < -0.4 is 5.32 Å². The van der Waals surface area contributed by atoms with Crippen molar-refractivity contribution in [2.24, 2.45) is 10.4 Å². The Balaban J connectivity index is 1.99. The van der Waals surface area contributed by atoms with E-state index in [2.05, 4.69) is 39.9 Å². The molecule has 1 aliphatic carbocycles. The molecule has 3 unspecified atom stereocenters. The van der Waals surface area contributed by atoms with Crippen molar-refractivity contribution >= 4 is 16.9 Å². The first kappa shape index (κ1) is 15.2. The number of nitrogens with one attached hydrogen (secondary N) is 1. The number of hydrogen-bond acceptors (Lipinski definition) is 3. The average molecular weight is 284 g/mol. The lowest BCUT2D eigenvalue weighted by atomic mass is 9.65. The molecule has 4 heteroatoms. The van der Waals surface area contributed by atoms with Gasteiger partial charge in [0, 0.05) is 23.3 Å². The summed E-state index contributed by atoms with van der Waals surface area (Å²) in [5, 5.41) is 4.78. The van der Waals surface area contributed by atoms with E-state index in [0.717, 1.165) is 24.6 Å². The third-order valence-electron chi connectivity index (χ3n) is 4.85. The lowest BCUT2D eigenvalue weighted by Gasteiger charge is -2.50. The molecule has 1 saturated heterocycles. The molecule has 3 atom stereocenters. The Morgan fingerprint density at radius 2 is 2.11 bits per heavy atom. The molecule has 3 nitrogen and oxygen atoms in total. The van der Waals surface area contributed by atoms with E-state index in [4.69, 9.17) is 9.73 Å². The topological polar surface area (TPSA) is 33.6 Å². The van der Waals surface area contributed by atoms with E-state index in [-0.39, 0.29) is 11.0 Å². The van der Waals surface area contributed by atoms with Crippen LogP contribution in [-0.4, -0.2) is 35.2 Å². The monoisotopic (exact) mass is 284 g/mol. The highest BCUT2D eigenvalue weighted by Gasteiger charge is 2.49. The molecule has 2 aliphatic rings. The molecule has 2 fully saturated rings. The molecule has 0 bridgehead atoms. The molecule has 0 aromatic heterocycles. The van der Waals surface area contributed by atoms with Gasteiger partial charge in [0.05, 0.1) is 12.1 Å². The van der Waals surface area contributed by atoms with E-state index >= 15 is 0 Å². The molecule has 1 saturated carbocycles. The molecule has 0 spiro atoms. The molecular formula is C15H28N2OS. The summed E-state index contributed by atoms with van der Waals surface area (Å²) in [4.78, 5) is 4.96. The minimum atomic E-state index is 0.172. The summed E-state index contributed by atoms with van der Waals surface area (Å²) in [6.07, 6.45) is 3.82. The van der Waals surface area contributed by atoms with Gasteiger partial charge in [-0.05, 0) is 33.1 Å². The molecule has 19 heavy (non-hydrogen) atoms. The predicted octanol–water partition coefficient (Wildman–Crippen LogP) is 3.44. The second-order valence-electron chi connectivity index (χ2n) is 6.59. The zero-order valence-corrected chi connectivity index (χ0v) is 13.8. The molecule has 2 rings (SSSR count). The number of amidine groups is 1. The maximum Gasteiger partial charge on any atom is 0.157 e. The SMILES string of the molecule is CCOC1CC(N=C2NC(C)(CC)CCS2)C1(C)C. The van der Waals surface area contributed by atoms with Gasteiger partial charge in [-0.15, -0.1) is 0 Å². The van der Waals surface area contributed by atoms with Crippen LogP contribution in [0.4, 0.5) is 0 Å². The van der Waals surface area contributed by atoms with Gasteiger partial charge in [0.2, 0.25) is 0 Å². The Morgan fingerprint density at radius 3 is 2.68 bits per heavy atom. The summed E-state index contributed by atoms with van der Waals surface area (Å²) in [5.41, 5.74) is 0.405. The van der Waals surface area contributed by atoms with Crippen molar-refractivity contribution in [3.05, 3.63) is 0 Å². The van der Waals surface area contributed by atoms with E-state index < -0.39 is 0 Å². The summed E-state index contributed by atoms with van der Waals surface area (Å²) in [7, 11) is 0. The largest absolute Gasteiger partial charge is 0.378 e. The minimum absolute atomic E-state index is 0.172. The Kier molecular flexibility index (Phi) is 4.51. The zero-order chi connectivity index (χ0) is 14.1. The van der Waals surface area contributed by atoms with Crippen molar-refractivity contribution in [1.82, 2.24) is 5.32 Å². The van der Waals surface area contributed by atoms with Gasteiger partial charge >= 0.3 is 0 Å². The number of thioether (sulfide) groups is 1. The van der Waals surface area contributed by atoms with Crippen LogP contribution in [0, 0.1) is 5.41 Å². The van der Waals surface area contributed by atoms with Crippen LogP contribution in [0.1, 0.15) is 53.9 Å². The van der Waals surface area contributed by atoms with Crippen molar-refractivity contribution in [3.8, 4) is 0 Å². The number of ether oxygens (including phenoxy) is 1. The summed E-state index contributed by atoms with van der Waals surface area (Å²) < 4.78 is 5.78.